The number of anilines is 1. The summed E-state index contributed by atoms with van der Waals surface area (Å²) in [5.41, 5.74) is -0.405. The van der Waals surface area contributed by atoms with Gasteiger partial charge in [-0.05, 0) is 36.8 Å². The van der Waals surface area contributed by atoms with Gasteiger partial charge >= 0.3 is 6.18 Å². The van der Waals surface area contributed by atoms with Gasteiger partial charge in [0.15, 0.2) is 0 Å². The van der Waals surface area contributed by atoms with E-state index in [0.29, 0.717) is 12.2 Å². The molecule has 2 rings (SSSR count). The van der Waals surface area contributed by atoms with E-state index in [-0.39, 0.29) is 5.02 Å². The van der Waals surface area contributed by atoms with Gasteiger partial charge < -0.3 is 5.32 Å². The Hall–Kier alpha value is -1.20. The van der Waals surface area contributed by atoms with E-state index in [1.54, 1.807) is 11.3 Å². The van der Waals surface area contributed by atoms with E-state index in [9.17, 15) is 13.2 Å². The van der Waals surface area contributed by atoms with Crippen molar-refractivity contribution in [3.63, 3.8) is 0 Å². The number of nitrogens with one attached hydrogen (secondary N) is 1. The molecular weight excluding hydrogens is 307 g/mol. The highest BCUT2D eigenvalue weighted by Crippen LogP contribution is 2.34. The standard InChI is InChI=1S/C14H13ClF3NS/c1-2-10-4-5-11(20-10)8-19-13-7-9(14(16,17)18)3-6-12(13)15/h3-7,19H,2,8H2,1H3. The van der Waals surface area contributed by atoms with Crippen molar-refractivity contribution in [3.05, 3.63) is 50.7 Å². The van der Waals surface area contributed by atoms with Crippen LogP contribution in [0.15, 0.2) is 30.3 Å². The molecule has 1 N–H and O–H groups in total. The molecule has 0 saturated carbocycles. The van der Waals surface area contributed by atoms with Crippen molar-refractivity contribution in [2.24, 2.45) is 0 Å². The van der Waals surface area contributed by atoms with Crippen molar-refractivity contribution in [2.45, 2.75) is 26.1 Å². The molecule has 0 saturated heterocycles. The summed E-state index contributed by atoms with van der Waals surface area (Å²) < 4.78 is 37.9. The Bertz CT molecular complexity index is 592. The summed E-state index contributed by atoms with van der Waals surface area (Å²) in [4.78, 5) is 2.31. The molecule has 0 spiro atoms. The van der Waals surface area contributed by atoms with Gasteiger partial charge in [0.1, 0.15) is 0 Å². The largest absolute Gasteiger partial charge is 0.416 e. The van der Waals surface area contributed by atoms with Crippen molar-refractivity contribution < 1.29 is 13.2 Å². The molecule has 0 unspecified atom stereocenters. The first-order chi connectivity index (χ1) is 9.40. The van der Waals surface area contributed by atoms with Crippen molar-refractivity contribution in [1.82, 2.24) is 0 Å². The van der Waals surface area contributed by atoms with Gasteiger partial charge in [-0.2, -0.15) is 13.2 Å². The second-order valence-corrected chi connectivity index (χ2v) is 5.93. The van der Waals surface area contributed by atoms with Crippen LogP contribution in [0.5, 0.6) is 0 Å². The van der Waals surface area contributed by atoms with Crippen LogP contribution in [0.3, 0.4) is 0 Å². The zero-order valence-corrected chi connectivity index (χ0v) is 12.3. The normalized spacial score (nSPS) is 11.7. The molecule has 1 aromatic heterocycles. The smallest absolute Gasteiger partial charge is 0.379 e. The van der Waals surface area contributed by atoms with E-state index in [1.165, 1.54) is 10.9 Å². The highest BCUT2D eigenvalue weighted by molar-refractivity contribution is 7.12. The minimum atomic E-state index is -4.36. The third kappa shape index (κ3) is 3.67. The molecule has 0 aliphatic heterocycles. The topological polar surface area (TPSA) is 12.0 Å². The number of halogens is 4. The number of alkyl halides is 3. The summed E-state index contributed by atoms with van der Waals surface area (Å²) in [6.45, 7) is 2.53. The van der Waals surface area contributed by atoms with Crippen LogP contribution in [0, 0.1) is 0 Å². The molecule has 0 aliphatic carbocycles. The second-order valence-electron chi connectivity index (χ2n) is 4.27. The third-order valence-electron chi connectivity index (χ3n) is 2.81. The fourth-order valence-corrected chi connectivity index (χ4v) is 2.81. The molecule has 20 heavy (non-hydrogen) atoms. The maximum Gasteiger partial charge on any atom is 0.416 e. The lowest BCUT2D eigenvalue weighted by Gasteiger charge is -2.11. The summed E-state index contributed by atoms with van der Waals surface area (Å²) >= 11 is 7.56. The Morgan fingerprint density at radius 1 is 1.15 bits per heavy atom. The molecule has 0 aliphatic rings. The van der Waals surface area contributed by atoms with E-state index in [1.807, 2.05) is 12.1 Å². The number of hydrogen-bond acceptors (Lipinski definition) is 2. The zero-order valence-electron chi connectivity index (χ0n) is 10.7. The molecule has 0 amide bonds. The third-order valence-corrected chi connectivity index (χ3v) is 4.37. The van der Waals surface area contributed by atoms with Gasteiger partial charge in [-0.25, -0.2) is 0 Å². The molecule has 6 heteroatoms. The summed E-state index contributed by atoms with van der Waals surface area (Å²) in [6, 6.07) is 7.27. The summed E-state index contributed by atoms with van der Waals surface area (Å²) in [5, 5.41) is 3.24. The number of thiophene rings is 1. The van der Waals surface area contributed by atoms with Crippen LogP contribution in [0.1, 0.15) is 22.2 Å². The first-order valence-electron chi connectivity index (χ1n) is 6.08. The average Bonchev–Trinajstić information content (AvgIpc) is 2.84. The lowest BCUT2D eigenvalue weighted by molar-refractivity contribution is -0.137. The van der Waals surface area contributed by atoms with Gasteiger partial charge in [-0.3, -0.25) is 0 Å². The Labute approximate surface area is 124 Å². The predicted octanol–water partition coefficient (Wildman–Crippen LogP) is 5.59. The summed E-state index contributed by atoms with van der Waals surface area (Å²) in [5.74, 6) is 0. The zero-order chi connectivity index (χ0) is 14.8. The van der Waals surface area contributed by atoms with Crippen LogP contribution < -0.4 is 5.32 Å². The molecule has 1 aromatic carbocycles. The molecular formula is C14H13ClF3NS. The Morgan fingerprint density at radius 2 is 1.85 bits per heavy atom. The highest BCUT2D eigenvalue weighted by atomic mass is 35.5. The maximum atomic E-state index is 12.6. The van der Waals surface area contributed by atoms with E-state index >= 15 is 0 Å². The lowest BCUT2D eigenvalue weighted by atomic mass is 10.2. The van der Waals surface area contributed by atoms with Crippen LogP contribution in [0.2, 0.25) is 5.02 Å². The number of aryl methyl sites for hydroxylation is 1. The Kier molecular flexibility index (Phi) is 4.60. The van der Waals surface area contributed by atoms with Gasteiger partial charge in [-0.15, -0.1) is 11.3 Å². The van der Waals surface area contributed by atoms with Crippen molar-refractivity contribution in [1.29, 1.82) is 0 Å². The number of benzene rings is 1. The first kappa shape index (κ1) is 15.2. The van der Waals surface area contributed by atoms with Crippen LogP contribution in [-0.2, 0) is 19.1 Å². The molecule has 0 radical (unpaired) electrons. The van der Waals surface area contributed by atoms with Gasteiger partial charge in [-0.1, -0.05) is 18.5 Å². The Balaban J connectivity index is 2.12. The van der Waals surface area contributed by atoms with Crippen LogP contribution in [-0.4, -0.2) is 0 Å². The summed E-state index contributed by atoms with van der Waals surface area (Å²) in [7, 11) is 0. The second kappa shape index (κ2) is 6.06. The van der Waals surface area contributed by atoms with E-state index in [4.69, 9.17) is 11.6 Å². The lowest BCUT2D eigenvalue weighted by Crippen LogP contribution is -2.06. The van der Waals surface area contributed by atoms with Gasteiger partial charge in [0, 0.05) is 16.3 Å². The quantitative estimate of drug-likeness (QED) is 0.774. The minimum Gasteiger partial charge on any atom is -0.379 e. The fraction of sp³-hybridized carbons (Fsp3) is 0.286. The molecule has 2 aromatic rings. The van der Waals surface area contributed by atoms with Gasteiger partial charge in [0.05, 0.1) is 16.3 Å². The van der Waals surface area contributed by atoms with E-state index in [2.05, 4.69) is 12.2 Å². The minimum absolute atomic E-state index is 0.283. The van der Waals surface area contributed by atoms with Gasteiger partial charge in [0.2, 0.25) is 0 Å². The highest BCUT2D eigenvalue weighted by Gasteiger charge is 2.30. The molecule has 1 nitrogen and oxygen atoms in total. The first-order valence-corrected chi connectivity index (χ1v) is 7.28. The van der Waals surface area contributed by atoms with Gasteiger partial charge in [0.25, 0.3) is 0 Å². The number of rotatable bonds is 4. The predicted molar refractivity (Wildman–Crippen MR) is 77.5 cm³/mol. The van der Waals surface area contributed by atoms with Crippen LogP contribution in [0.4, 0.5) is 18.9 Å². The molecule has 1 heterocycles. The van der Waals surface area contributed by atoms with Crippen molar-refractivity contribution in [2.75, 3.05) is 5.32 Å². The molecule has 0 bridgehead atoms. The Morgan fingerprint density at radius 3 is 2.45 bits per heavy atom. The fourth-order valence-electron chi connectivity index (χ4n) is 1.73. The molecule has 108 valence electrons. The van der Waals surface area contributed by atoms with E-state index in [0.717, 1.165) is 23.4 Å². The van der Waals surface area contributed by atoms with E-state index < -0.39 is 11.7 Å². The SMILES string of the molecule is CCc1ccc(CNc2cc(C(F)(F)F)ccc2Cl)s1. The molecule has 0 atom stereocenters. The van der Waals surface area contributed by atoms with Crippen LogP contribution >= 0.6 is 22.9 Å². The van der Waals surface area contributed by atoms with Crippen molar-refractivity contribution >= 4 is 28.6 Å². The monoisotopic (exact) mass is 319 g/mol. The van der Waals surface area contributed by atoms with Crippen molar-refractivity contribution in [3.8, 4) is 0 Å². The van der Waals surface area contributed by atoms with Crippen LogP contribution in [0.25, 0.3) is 0 Å². The number of hydrogen-bond donors (Lipinski definition) is 1. The summed E-state index contributed by atoms with van der Waals surface area (Å²) in [6.07, 6.45) is -3.41. The average molecular weight is 320 g/mol. The molecule has 0 fully saturated rings. The maximum absolute atomic E-state index is 12.6.